The highest BCUT2D eigenvalue weighted by Gasteiger charge is 2.28. The van der Waals surface area contributed by atoms with Gasteiger partial charge in [0.2, 0.25) is 0 Å². The van der Waals surface area contributed by atoms with Gasteiger partial charge in [0.25, 0.3) is 6.01 Å². The number of aromatic nitrogens is 1. The molecule has 1 saturated carbocycles. The SMILES string of the molecule is CC(C)c1nc(N)oc1C1CCC1. The van der Waals surface area contributed by atoms with E-state index in [4.69, 9.17) is 10.2 Å². The van der Waals surface area contributed by atoms with Crippen LogP contribution in [0.5, 0.6) is 0 Å². The Morgan fingerprint density at radius 3 is 2.62 bits per heavy atom. The average Bonchev–Trinajstić information content (AvgIpc) is 2.27. The topological polar surface area (TPSA) is 52.0 Å². The van der Waals surface area contributed by atoms with E-state index in [0.29, 0.717) is 17.9 Å². The minimum absolute atomic E-state index is 0.325. The van der Waals surface area contributed by atoms with Crippen molar-refractivity contribution < 1.29 is 4.42 Å². The Hall–Kier alpha value is -0.990. The van der Waals surface area contributed by atoms with Crippen molar-refractivity contribution >= 4 is 6.01 Å². The fourth-order valence-corrected chi connectivity index (χ4v) is 1.74. The fourth-order valence-electron chi connectivity index (χ4n) is 1.74. The summed E-state index contributed by atoms with van der Waals surface area (Å²) in [7, 11) is 0. The number of rotatable bonds is 2. The first-order valence-electron chi connectivity index (χ1n) is 4.94. The molecular weight excluding hydrogens is 164 g/mol. The Bertz CT molecular complexity index is 300. The zero-order valence-corrected chi connectivity index (χ0v) is 8.21. The predicted octanol–water partition coefficient (Wildman–Crippen LogP) is 2.65. The van der Waals surface area contributed by atoms with Crippen LogP contribution in [0.3, 0.4) is 0 Å². The highest BCUT2D eigenvalue weighted by atomic mass is 16.4. The summed E-state index contributed by atoms with van der Waals surface area (Å²) in [5, 5.41) is 0. The smallest absolute Gasteiger partial charge is 0.292 e. The molecule has 1 aromatic rings. The molecule has 0 radical (unpaired) electrons. The van der Waals surface area contributed by atoms with Crippen LogP contribution in [0.15, 0.2) is 4.42 Å². The molecule has 72 valence electrons. The van der Waals surface area contributed by atoms with Crippen LogP contribution in [-0.4, -0.2) is 4.98 Å². The van der Waals surface area contributed by atoms with Crippen LogP contribution in [0, 0.1) is 0 Å². The molecule has 0 aromatic carbocycles. The molecule has 1 aromatic heterocycles. The highest BCUT2D eigenvalue weighted by Crippen LogP contribution is 2.40. The van der Waals surface area contributed by atoms with Gasteiger partial charge in [-0.25, -0.2) is 0 Å². The standard InChI is InChI=1S/C10H16N2O/c1-6(2)8-9(7-4-3-5-7)13-10(11)12-8/h6-7H,3-5H2,1-2H3,(H2,11,12). The second kappa shape index (κ2) is 3.05. The first-order chi connectivity index (χ1) is 6.18. The van der Waals surface area contributed by atoms with Crippen LogP contribution in [0.1, 0.15) is 56.4 Å². The maximum atomic E-state index is 5.56. The first kappa shape index (κ1) is 8.60. The van der Waals surface area contributed by atoms with Gasteiger partial charge in [0.1, 0.15) is 5.76 Å². The zero-order valence-electron chi connectivity index (χ0n) is 8.21. The van der Waals surface area contributed by atoms with E-state index in [0.717, 1.165) is 11.5 Å². The molecule has 1 fully saturated rings. The van der Waals surface area contributed by atoms with Crippen molar-refractivity contribution in [3.8, 4) is 0 Å². The summed E-state index contributed by atoms with van der Waals surface area (Å²) in [5.41, 5.74) is 6.61. The van der Waals surface area contributed by atoms with Crippen LogP contribution in [0.25, 0.3) is 0 Å². The van der Waals surface area contributed by atoms with Gasteiger partial charge in [0.15, 0.2) is 0 Å². The minimum Gasteiger partial charge on any atom is -0.428 e. The van der Waals surface area contributed by atoms with Crippen molar-refractivity contribution in [2.45, 2.75) is 44.9 Å². The van der Waals surface area contributed by atoms with Gasteiger partial charge in [-0.05, 0) is 18.8 Å². The van der Waals surface area contributed by atoms with E-state index in [1.165, 1.54) is 19.3 Å². The van der Waals surface area contributed by atoms with Crippen molar-refractivity contribution in [1.82, 2.24) is 4.98 Å². The molecule has 2 N–H and O–H groups in total. The Kier molecular flexibility index (Phi) is 2.02. The largest absolute Gasteiger partial charge is 0.428 e. The van der Waals surface area contributed by atoms with Gasteiger partial charge >= 0.3 is 0 Å². The minimum atomic E-state index is 0.325. The van der Waals surface area contributed by atoms with E-state index < -0.39 is 0 Å². The predicted molar refractivity (Wildman–Crippen MR) is 51.6 cm³/mol. The van der Waals surface area contributed by atoms with Crippen molar-refractivity contribution in [2.75, 3.05) is 5.73 Å². The summed E-state index contributed by atoms with van der Waals surface area (Å²) in [4.78, 5) is 4.22. The van der Waals surface area contributed by atoms with Gasteiger partial charge in [0.05, 0.1) is 5.69 Å². The molecule has 1 heterocycles. The highest BCUT2D eigenvalue weighted by molar-refractivity contribution is 5.26. The summed E-state index contributed by atoms with van der Waals surface area (Å²) < 4.78 is 5.45. The van der Waals surface area contributed by atoms with Crippen molar-refractivity contribution in [3.63, 3.8) is 0 Å². The van der Waals surface area contributed by atoms with Gasteiger partial charge in [-0.3, -0.25) is 0 Å². The van der Waals surface area contributed by atoms with Crippen LogP contribution < -0.4 is 5.73 Å². The van der Waals surface area contributed by atoms with E-state index in [1.807, 2.05) is 0 Å². The normalized spacial score (nSPS) is 17.8. The van der Waals surface area contributed by atoms with Crippen LogP contribution in [0.4, 0.5) is 6.01 Å². The lowest BCUT2D eigenvalue weighted by molar-refractivity contribution is 0.347. The lowest BCUT2D eigenvalue weighted by Crippen LogP contribution is -2.10. The number of nitrogens with two attached hydrogens (primary N) is 1. The molecular formula is C10H16N2O. The number of hydrogen-bond acceptors (Lipinski definition) is 3. The Labute approximate surface area is 78.3 Å². The second-order valence-corrected chi connectivity index (χ2v) is 4.08. The van der Waals surface area contributed by atoms with Gasteiger partial charge in [-0.2, -0.15) is 4.98 Å². The Balaban J connectivity index is 2.31. The van der Waals surface area contributed by atoms with Gasteiger partial charge < -0.3 is 10.2 Å². The molecule has 0 atom stereocenters. The number of hydrogen-bond donors (Lipinski definition) is 1. The van der Waals surface area contributed by atoms with Gasteiger partial charge in [-0.15, -0.1) is 0 Å². The summed E-state index contributed by atoms with van der Waals surface area (Å²) in [5.74, 6) is 2.04. The third-order valence-corrected chi connectivity index (χ3v) is 2.72. The lowest BCUT2D eigenvalue weighted by Gasteiger charge is -2.24. The monoisotopic (exact) mass is 180 g/mol. The summed E-state index contributed by atoms with van der Waals surface area (Å²) in [6.07, 6.45) is 3.77. The number of nitrogen functional groups attached to an aromatic ring is 1. The van der Waals surface area contributed by atoms with Crippen LogP contribution in [-0.2, 0) is 0 Å². The molecule has 0 amide bonds. The fraction of sp³-hybridized carbons (Fsp3) is 0.700. The third kappa shape index (κ3) is 1.43. The Morgan fingerprint density at radius 1 is 1.46 bits per heavy atom. The van der Waals surface area contributed by atoms with Crippen molar-refractivity contribution in [3.05, 3.63) is 11.5 Å². The first-order valence-corrected chi connectivity index (χ1v) is 4.94. The molecule has 0 bridgehead atoms. The molecule has 3 heteroatoms. The van der Waals surface area contributed by atoms with E-state index in [9.17, 15) is 0 Å². The molecule has 3 nitrogen and oxygen atoms in total. The molecule has 13 heavy (non-hydrogen) atoms. The molecule has 0 unspecified atom stereocenters. The van der Waals surface area contributed by atoms with E-state index >= 15 is 0 Å². The number of anilines is 1. The molecule has 1 aliphatic rings. The Morgan fingerprint density at radius 2 is 2.15 bits per heavy atom. The van der Waals surface area contributed by atoms with Crippen molar-refractivity contribution in [2.24, 2.45) is 0 Å². The molecule has 0 saturated heterocycles. The van der Waals surface area contributed by atoms with E-state index in [-0.39, 0.29) is 0 Å². The average molecular weight is 180 g/mol. The molecule has 0 aliphatic heterocycles. The van der Waals surface area contributed by atoms with E-state index in [1.54, 1.807) is 0 Å². The lowest BCUT2D eigenvalue weighted by atomic mass is 9.82. The maximum Gasteiger partial charge on any atom is 0.292 e. The van der Waals surface area contributed by atoms with Crippen LogP contribution >= 0.6 is 0 Å². The second-order valence-electron chi connectivity index (χ2n) is 4.08. The summed E-state index contributed by atoms with van der Waals surface area (Å²) >= 11 is 0. The maximum absolute atomic E-state index is 5.56. The molecule has 0 spiro atoms. The summed E-state index contributed by atoms with van der Waals surface area (Å²) in [6.45, 7) is 4.25. The quantitative estimate of drug-likeness (QED) is 0.761. The third-order valence-electron chi connectivity index (χ3n) is 2.72. The van der Waals surface area contributed by atoms with Crippen LogP contribution in [0.2, 0.25) is 0 Å². The molecule has 2 rings (SSSR count). The molecule has 1 aliphatic carbocycles. The number of oxazole rings is 1. The zero-order chi connectivity index (χ0) is 9.42. The van der Waals surface area contributed by atoms with Gasteiger partial charge in [0, 0.05) is 5.92 Å². The van der Waals surface area contributed by atoms with E-state index in [2.05, 4.69) is 18.8 Å². The summed E-state index contributed by atoms with van der Waals surface area (Å²) in [6, 6.07) is 0.325. The van der Waals surface area contributed by atoms with Gasteiger partial charge in [-0.1, -0.05) is 20.3 Å². The van der Waals surface area contributed by atoms with Crippen molar-refractivity contribution in [1.29, 1.82) is 0 Å². The number of nitrogens with zero attached hydrogens (tertiary/aromatic N) is 1.